The lowest BCUT2D eigenvalue weighted by Gasteiger charge is -2.21. The van der Waals surface area contributed by atoms with Crippen LogP contribution in [0.25, 0.3) is 0 Å². The zero-order valence-corrected chi connectivity index (χ0v) is 14.0. The Balaban J connectivity index is 2.04. The van der Waals surface area contributed by atoms with Crippen molar-refractivity contribution in [1.29, 1.82) is 5.26 Å². The van der Waals surface area contributed by atoms with Crippen molar-refractivity contribution in [2.75, 3.05) is 5.32 Å². The molecule has 0 atom stereocenters. The molecule has 2 rings (SSSR count). The van der Waals surface area contributed by atoms with E-state index in [1.807, 2.05) is 5.38 Å². The normalized spacial score (nSPS) is 16.5. The number of anilines is 1. The summed E-state index contributed by atoms with van der Waals surface area (Å²) in [5.74, 6) is 0.576. The van der Waals surface area contributed by atoms with Crippen molar-refractivity contribution in [2.45, 2.75) is 64.7 Å². The number of nitrogens with zero attached hydrogens (tertiary/aromatic N) is 1. The molecule has 0 unspecified atom stereocenters. The Bertz CT molecular complexity index is 542. The van der Waals surface area contributed by atoms with Gasteiger partial charge in [0.2, 0.25) is 5.91 Å². The molecule has 114 valence electrons. The second-order valence-electron chi connectivity index (χ2n) is 6.97. The lowest BCUT2D eigenvalue weighted by atomic mass is 9.86. The Hall–Kier alpha value is -1.34. The molecular weight excluding hydrogens is 280 g/mol. The quantitative estimate of drug-likeness (QED) is 0.869. The summed E-state index contributed by atoms with van der Waals surface area (Å²) in [7, 11) is 0. The van der Waals surface area contributed by atoms with E-state index in [1.165, 1.54) is 30.6 Å². The predicted octanol–water partition coefficient (Wildman–Crippen LogP) is 4.83. The third-order valence-electron chi connectivity index (χ3n) is 4.16. The summed E-state index contributed by atoms with van der Waals surface area (Å²) in [5.41, 5.74) is 1.57. The van der Waals surface area contributed by atoms with E-state index in [9.17, 15) is 10.1 Å². The zero-order valence-electron chi connectivity index (χ0n) is 13.2. The number of nitriles is 1. The van der Waals surface area contributed by atoms with Crippen molar-refractivity contribution >= 4 is 22.2 Å². The van der Waals surface area contributed by atoms with Crippen LogP contribution in [0.2, 0.25) is 0 Å². The van der Waals surface area contributed by atoms with Crippen LogP contribution in [0, 0.1) is 17.2 Å². The molecule has 1 aliphatic carbocycles. The third-order valence-corrected chi connectivity index (χ3v) is 5.06. The molecule has 0 bridgehead atoms. The maximum Gasteiger partial charge on any atom is 0.225 e. The second kappa shape index (κ2) is 6.62. The van der Waals surface area contributed by atoms with E-state index in [2.05, 4.69) is 32.2 Å². The van der Waals surface area contributed by atoms with Crippen molar-refractivity contribution in [3.05, 3.63) is 16.5 Å². The predicted molar refractivity (Wildman–Crippen MR) is 87.6 cm³/mol. The van der Waals surface area contributed by atoms with Gasteiger partial charge in [0.1, 0.15) is 11.1 Å². The monoisotopic (exact) mass is 304 g/mol. The molecule has 3 nitrogen and oxygen atoms in total. The van der Waals surface area contributed by atoms with Crippen LogP contribution in [0.15, 0.2) is 5.38 Å². The lowest BCUT2D eigenvalue weighted by Crippen LogP contribution is -2.18. The highest BCUT2D eigenvalue weighted by Gasteiger charge is 2.24. The van der Waals surface area contributed by atoms with E-state index in [0.717, 1.165) is 18.4 Å². The molecule has 0 saturated heterocycles. The van der Waals surface area contributed by atoms with Gasteiger partial charge in [-0.3, -0.25) is 4.79 Å². The molecule has 1 N–H and O–H groups in total. The molecule has 1 amide bonds. The van der Waals surface area contributed by atoms with Crippen LogP contribution < -0.4 is 5.32 Å². The first kappa shape index (κ1) is 16.0. The summed E-state index contributed by atoms with van der Waals surface area (Å²) in [6, 6.07) is 2.26. The van der Waals surface area contributed by atoms with Gasteiger partial charge >= 0.3 is 0 Å². The summed E-state index contributed by atoms with van der Waals surface area (Å²) in [4.78, 5) is 12.2. The minimum atomic E-state index is -0.0755. The summed E-state index contributed by atoms with van der Waals surface area (Å²) in [6.45, 7) is 6.26. The summed E-state index contributed by atoms with van der Waals surface area (Å²) in [5, 5.41) is 15.1. The highest BCUT2D eigenvalue weighted by molar-refractivity contribution is 7.14. The van der Waals surface area contributed by atoms with E-state index in [0.29, 0.717) is 22.9 Å². The highest BCUT2D eigenvalue weighted by Crippen LogP contribution is 2.36. The first-order valence-corrected chi connectivity index (χ1v) is 8.61. The van der Waals surface area contributed by atoms with E-state index in [1.54, 1.807) is 0 Å². The number of hydrogen-bond acceptors (Lipinski definition) is 3. The number of thiophene rings is 1. The van der Waals surface area contributed by atoms with Crippen LogP contribution in [-0.4, -0.2) is 5.91 Å². The standard InChI is InChI=1S/C17H24N2OS/c1-17(2,3)14-11-21-16(13(14)10-18)19-15(20)9-12-7-5-4-6-8-12/h11-12H,4-9H2,1-3H3,(H,19,20). The van der Waals surface area contributed by atoms with Crippen molar-refractivity contribution in [1.82, 2.24) is 0 Å². The van der Waals surface area contributed by atoms with Gasteiger partial charge in [0.25, 0.3) is 0 Å². The first-order chi connectivity index (χ1) is 9.91. The van der Waals surface area contributed by atoms with Gasteiger partial charge in [0.15, 0.2) is 0 Å². The molecule has 1 aromatic heterocycles. The number of nitrogens with one attached hydrogen (secondary N) is 1. The molecule has 0 aliphatic heterocycles. The maximum absolute atomic E-state index is 12.2. The Morgan fingerprint density at radius 2 is 2.05 bits per heavy atom. The number of carbonyl (C=O) groups is 1. The topological polar surface area (TPSA) is 52.9 Å². The van der Waals surface area contributed by atoms with E-state index in [-0.39, 0.29) is 11.3 Å². The fraction of sp³-hybridized carbons (Fsp3) is 0.647. The average molecular weight is 304 g/mol. The lowest BCUT2D eigenvalue weighted by molar-refractivity contribution is -0.117. The van der Waals surface area contributed by atoms with Gasteiger partial charge in [0.05, 0.1) is 5.56 Å². The molecule has 21 heavy (non-hydrogen) atoms. The molecule has 1 aromatic rings. The maximum atomic E-state index is 12.2. The van der Waals surface area contributed by atoms with Gasteiger partial charge < -0.3 is 5.32 Å². The van der Waals surface area contributed by atoms with Crippen LogP contribution in [0.1, 0.15) is 70.4 Å². The Morgan fingerprint density at radius 1 is 1.38 bits per heavy atom. The number of carbonyl (C=O) groups excluding carboxylic acids is 1. The Kier molecular flexibility index (Phi) is 5.05. The largest absolute Gasteiger partial charge is 0.317 e. The van der Waals surface area contributed by atoms with Crippen LogP contribution in [0.5, 0.6) is 0 Å². The molecule has 1 aliphatic rings. The molecular formula is C17H24N2OS. The summed E-state index contributed by atoms with van der Waals surface area (Å²) >= 11 is 1.46. The van der Waals surface area contributed by atoms with Gasteiger partial charge in [-0.15, -0.1) is 11.3 Å². The molecule has 1 fully saturated rings. The molecule has 1 heterocycles. The molecule has 0 aromatic carbocycles. The van der Waals surface area contributed by atoms with Crippen molar-refractivity contribution in [3.8, 4) is 6.07 Å². The smallest absolute Gasteiger partial charge is 0.225 e. The van der Waals surface area contributed by atoms with Crippen molar-refractivity contribution < 1.29 is 4.79 Å². The molecule has 1 saturated carbocycles. The van der Waals surface area contributed by atoms with Gasteiger partial charge in [0, 0.05) is 6.42 Å². The summed E-state index contributed by atoms with van der Waals surface area (Å²) < 4.78 is 0. The number of amides is 1. The van der Waals surface area contributed by atoms with Gasteiger partial charge in [-0.1, -0.05) is 40.0 Å². The van der Waals surface area contributed by atoms with Crippen molar-refractivity contribution in [3.63, 3.8) is 0 Å². The zero-order chi connectivity index (χ0) is 15.5. The van der Waals surface area contributed by atoms with E-state index >= 15 is 0 Å². The summed E-state index contributed by atoms with van der Waals surface area (Å²) in [6.07, 6.45) is 6.71. The first-order valence-electron chi connectivity index (χ1n) is 7.73. The van der Waals surface area contributed by atoms with Gasteiger partial charge in [-0.25, -0.2) is 0 Å². The van der Waals surface area contributed by atoms with Gasteiger partial charge in [-0.05, 0) is 35.1 Å². The highest BCUT2D eigenvalue weighted by atomic mass is 32.1. The van der Waals surface area contributed by atoms with Crippen molar-refractivity contribution in [2.24, 2.45) is 5.92 Å². The Labute approximate surface area is 131 Å². The van der Waals surface area contributed by atoms with Gasteiger partial charge in [-0.2, -0.15) is 5.26 Å². The van der Waals surface area contributed by atoms with Crippen LogP contribution >= 0.6 is 11.3 Å². The van der Waals surface area contributed by atoms with Crippen LogP contribution in [-0.2, 0) is 10.2 Å². The number of rotatable bonds is 3. The fourth-order valence-electron chi connectivity index (χ4n) is 2.94. The fourth-order valence-corrected chi connectivity index (χ4v) is 4.10. The van der Waals surface area contributed by atoms with Crippen LogP contribution in [0.4, 0.5) is 5.00 Å². The van der Waals surface area contributed by atoms with Crippen LogP contribution in [0.3, 0.4) is 0 Å². The SMILES string of the molecule is CC(C)(C)c1csc(NC(=O)CC2CCCCC2)c1C#N. The van der Waals surface area contributed by atoms with E-state index in [4.69, 9.17) is 0 Å². The third kappa shape index (κ3) is 4.07. The second-order valence-corrected chi connectivity index (χ2v) is 7.85. The van der Waals surface area contributed by atoms with E-state index < -0.39 is 0 Å². The minimum absolute atomic E-state index is 0.0562. The molecule has 0 spiro atoms. The molecule has 4 heteroatoms. The Morgan fingerprint density at radius 3 is 2.62 bits per heavy atom. The molecule has 0 radical (unpaired) electrons. The average Bonchev–Trinajstić information content (AvgIpc) is 2.82. The number of hydrogen-bond donors (Lipinski definition) is 1. The minimum Gasteiger partial charge on any atom is -0.317 e.